The number of sulfonamides is 1. The van der Waals surface area contributed by atoms with Crippen LogP contribution in [0.15, 0.2) is 20.1 Å². The second kappa shape index (κ2) is 5.22. The summed E-state index contributed by atoms with van der Waals surface area (Å²) in [7, 11) is -1.54. The van der Waals surface area contributed by atoms with Gasteiger partial charge in [-0.3, -0.25) is 0 Å². The molecule has 1 rings (SSSR count). The Morgan fingerprint density at radius 1 is 1.43 bits per heavy atom. The highest BCUT2D eigenvalue weighted by Crippen LogP contribution is 2.25. The predicted molar refractivity (Wildman–Crippen MR) is 61.1 cm³/mol. The summed E-state index contributed by atoms with van der Waals surface area (Å²) in [6, 6.07) is 3.30. The molecule has 0 bridgehead atoms. The van der Waals surface area contributed by atoms with Crippen molar-refractivity contribution in [3.8, 4) is 0 Å². The number of likely N-dealkylation sites (N-methyl/N-ethyl adjacent to an activating group) is 1. The van der Waals surface area contributed by atoms with Crippen LogP contribution < -0.4 is 10.0 Å². The smallest absolute Gasteiger partial charge is 0.250 e. The van der Waals surface area contributed by atoms with Gasteiger partial charge in [-0.2, -0.15) is 0 Å². The van der Waals surface area contributed by atoms with E-state index in [1.54, 1.807) is 19.2 Å². The third-order valence-corrected chi connectivity index (χ3v) is 5.06. The highest BCUT2D eigenvalue weighted by atomic mass is 79.9. The first-order chi connectivity index (χ1) is 6.56. The Bertz CT molecular complexity index is 388. The maximum Gasteiger partial charge on any atom is 0.250 e. The number of thiophene rings is 1. The van der Waals surface area contributed by atoms with Gasteiger partial charge >= 0.3 is 0 Å². The molecule has 4 nitrogen and oxygen atoms in total. The third-order valence-electron chi connectivity index (χ3n) is 1.48. The van der Waals surface area contributed by atoms with Crippen LogP contribution in [0.3, 0.4) is 0 Å². The van der Waals surface area contributed by atoms with E-state index in [2.05, 4.69) is 26.0 Å². The summed E-state index contributed by atoms with van der Waals surface area (Å²) in [5.74, 6) is 0. The normalized spacial score (nSPS) is 11.9. The number of hydrogen-bond donors (Lipinski definition) is 2. The fourth-order valence-electron chi connectivity index (χ4n) is 0.824. The predicted octanol–water partition coefficient (Wildman–Crippen LogP) is 1.01. The van der Waals surface area contributed by atoms with E-state index in [0.717, 1.165) is 3.79 Å². The van der Waals surface area contributed by atoms with Gasteiger partial charge in [-0.05, 0) is 35.1 Å². The molecule has 0 saturated carbocycles. The molecule has 0 spiro atoms. The summed E-state index contributed by atoms with van der Waals surface area (Å²) in [5, 5.41) is 2.86. The third kappa shape index (κ3) is 3.32. The van der Waals surface area contributed by atoms with E-state index in [9.17, 15) is 8.42 Å². The van der Waals surface area contributed by atoms with Gasteiger partial charge in [-0.1, -0.05) is 0 Å². The Kier molecular flexibility index (Phi) is 4.52. The van der Waals surface area contributed by atoms with Crippen LogP contribution in [0.2, 0.25) is 0 Å². The van der Waals surface area contributed by atoms with Crippen LogP contribution in [0.5, 0.6) is 0 Å². The van der Waals surface area contributed by atoms with E-state index < -0.39 is 10.0 Å². The molecular weight excluding hydrogens is 288 g/mol. The molecule has 0 aliphatic heterocycles. The molecule has 0 unspecified atom stereocenters. The van der Waals surface area contributed by atoms with E-state index in [1.807, 2.05) is 0 Å². The van der Waals surface area contributed by atoms with Crippen LogP contribution in [0, 0.1) is 0 Å². The van der Waals surface area contributed by atoms with Gasteiger partial charge in [0, 0.05) is 13.1 Å². The maximum absolute atomic E-state index is 11.6. The average molecular weight is 299 g/mol. The SMILES string of the molecule is CNCCNS(=O)(=O)c1ccc(Br)s1. The zero-order valence-corrected chi connectivity index (χ0v) is 10.8. The van der Waals surface area contributed by atoms with Crippen molar-refractivity contribution < 1.29 is 8.42 Å². The fourth-order valence-corrected chi connectivity index (χ4v) is 3.91. The lowest BCUT2D eigenvalue weighted by atomic mass is 10.7. The first-order valence-corrected chi connectivity index (χ1v) is 7.05. The molecule has 14 heavy (non-hydrogen) atoms. The Balaban J connectivity index is 2.66. The van der Waals surface area contributed by atoms with Gasteiger partial charge in [0.15, 0.2) is 0 Å². The van der Waals surface area contributed by atoms with Crippen molar-refractivity contribution in [2.45, 2.75) is 4.21 Å². The van der Waals surface area contributed by atoms with E-state index in [1.165, 1.54) is 11.3 Å². The van der Waals surface area contributed by atoms with Crippen LogP contribution in [-0.2, 0) is 10.0 Å². The molecule has 7 heteroatoms. The van der Waals surface area contributed by atoms with E-state index in [-0.39, 0.29) is 0 Å². The maximum atomic E-state index is 11.6. The minimum atomic E-state index is -3.31. The van der Waals surface area contributed by atoms with Gasteiger partial charge in [-0.15, -0.1) is 11.3 Å². The van der Waals surface area contributed by atoms with Gasteiger partial charge in [0.2, 0.25) is 10.0 Å². The molecule has 0 aromatic carbocycles. The summed E-state index contributed by atoms with van der Waals surface area (Å²) in [5.41, 5.74) is 0. The average Bonchev–Trinajstić information content (AvgIpc) is 2.53. The lowest BCUT2D eigenvalue weighted by Gasteiger charge is -2.03. The highest BCUT2D eigenvalue weighted by molar-refractivity contribution is 9.11. The zero-order valence-electron chi connectivity index (χ0n) is 7.58. The first kappa shape index (κ1) is 12.1. The van der Waals surface area contributed by atoms with E-state index in [4.69, 9.17) is 0 Å². The highest BCUT2D eigenvalue weighted by Gasteiger charge is 2.14. The molecule has 80 valence electrons. The lowest BCUT2D eigenvalue weighted by molar-refractivity contribution is 0.581. The summed E-state index contributed by atoms with van der Waals surface area (Å²) >= 11 is 4.42. The fraction of sp³-hybridized carbons (Fsp3) is 0.429. The van der Waals surface area contributed by atoms with E-state index >= 15 is 0 Å². The molecule has 1 aromatic heterocycles. The van der Waals surface area contributed by atoms with Crippen molar-refractivity contribution >= 4 is 37.3 Å². The van der Waals surface area contributed by atoms with Crippen molar-refractivity contribution in [3.63, 3.8) is 0 Å². The summed E-state index contributed by atoms with van der Waals surface area (Å²) in [6.07, 6.45) is 0. The molecule has 2 N–H and O–H groups in total. The second-order valence-electron chi connectivity index (χ2n) is 2.56. The topological polar surface area (TPSA) is 58.2 Å². The van der Waals surface area contributed by atoms with Gasteiger partial charge in [-0.25, -0.2) is 13.1 Å². The molecular formula is C7H11BrN2O2S2. The quantitative estimate of drug-likeness (QED) is 0.798. The Morgan fingerprint density at radius 3 is 2.64 bits per heavy atom. The molecule has 0 aliphatic carbocycles. The van der Waals surface area contributed by atoms with Crippen molar-refractivity contribution in [3.05, 3.63) is 15.9 Å². The van der Waals surface area contributed by atoms with Crippen LogP contribution in [0.1, 0.15) is 0 Å². The second-order valence-corrected chi connectivity index (χ2v) is 7.02. The minimum Gasteiger partial charge on any atom is -0.318 e. The van der Waals surface area contributed by atoms with Crippen LogP contribution in [0.25, 0.3) is 0 Å². The Hall–Kier alpha value is 0.0500. The summed E-state index contributed by atoms with van der Waals surface area (Å²) in [4.78, 5) is 0. The molecule has 0 aliphatic rings. The van der Waals surface area contributed by atoms with Gasteiger partial charge < -0.3 is 5.32 Å². The van der Waals surface area contributed by atoms with Crippen molar-refractivity contribution in [2.75, 3.05) is 20.1 Å². The van der Waals surface area contributed by atoms with Crippen LogP contribution >= 0.6 is 27.3 Å². The molecule has 0 radical (unpaired) electrons. The molecule has 1 aromatic rings. The standard InChI is InChI=1S/C7H11BrN2O2S2/c1-9-4-5-10-14(11,12)7-3-2-6(8)13-7/h2-3,9-10H,4-5H2,1H3. The van der Waals surface area contributed by atoms with Crippen molar-refractivity contribution in [1.29, 1.82) is 0 Å². The number of hydrogen-bond acceptors (Lipinski definition) is 4. The number of halogens is 1. The summed E-state index contributed by atoms with van der Waals surface area (Å²) < 4.78 is 26.8. The van der Waals surface area contributed by atoms with Gasteiger partial charge in [0.25, 0.3) is 0 Å². The summed E-state index contributed by atoms with van der Waals surface area (Å²) in [6.45, 7) is 1.01. The van der Waals surface area contributed by atoms with Crippen molar-refractivity contribution in [2.24, 2.45) is 0 Å². The molecule has 0 atom stereocenters. The van der Waals surface area contributed by atoms with Gasteiger partial charge in [0.1, 0.15) is 4.21 Å². The molecule has 0 amide bonds. The van der Waals surface area contributed by atoms with E-state index in [0.29, 0.717) is 17.3 Å². The minimum absolute atomic E-state index is 0.334. The van der Waals surface area contributed by atoms with Gasteiger partial charge in [0.05, 0.1) is 3.79 Å². The molecule has 0 fully saturated rings. The monoisotopic (exact) mass is 298 g/mol. The van der Waals surface area contributed by atoms with Crippen LogP contribution in [0.4, 0.5) is 0 Å². The Labute approximate surface area is 95.9 Å². The van der Waals surface area contributed by atoms with Crippen molar-refractivity contribution in [1.82, 2.24) is 10.0 Å². The largest absolute Gasteiger partial charge is 0.318 e. The Morgan fingerprint density at radius 2 is 2.14 bits per heavy atom. The van der Waals surface area contributed by atoms with Crippen LogP contribution in [-0.4, -0.2) is 28.6 Å². The zero-order chi connectivity index (χ0) is 10.6. The number of nitrogens with one attached hydrogen (secondary N) is 2. The first-order valence-electron chi connectivity index (χ1n) is 3.96. The number of rotatable bonds is 5. The molecule has 0 saturated heterocycles. The molecule has 1 heterocycles. The lowest BCUT2D eigenvalue weighted by Crippen LogP contribution is -2.29.